The standard InChI is InChI=1S/C16H23N3O3S/c1-11(2)12(3)16(20)18-13-6-4-7-14(10-13)23(21,22)19-15-8-5-9-17-15/h4,6-7,10-12H,5,8-9H2,1-3H3,(H,17,19)(H,18,20). The lowest BCUT2D eigenvalue weighted by Gasteiger charge is -2.16. The normalized spacial score (nSPS) is 16.1. The van der Waals surface area contributed by atoms with Crippen molar-refractivity contribution < 1.29 is 13.2 Å². The van der Waals surface area contributed by atoms with Crippen molar-refractivity contribution in [2.45, 2.75) is 38.5 Å². The van der Waals surface area contributed by atoms with Crippen LogP contribution in [-0.2, 0) is 14.8 Å². The molecule has 0 radical (unpaired) electrons. The summed E-state index contributed by atoms with van der Waals surface area (Å²) < 4.78 is 27.2. The molecule has 0 aromatic heterocycles. The molecule has 0 aliphatic carbocycles. The smallest absolute Gasteiger partial charge is 0.262 e. The fourth-order valence-electron chi connectivity index (χ4n) is 2.14. The van der Waals surface area contributed by atoms with Crippen LogP contribution in [0.2, 0.25) is 0 Å². The van der Waals surface area contributed by atoms with Gasteiger partial charge in [0.05, 0.1) is 4.90 Å². The van der Waals surface area contributed by atoms with E-state index in [0.717, 1.165) is 6.42 Å². The zero-order valence-electron chi connectivity index (χ0n) is 13.7. The predicted molar refractivity (Wildman–Crippen MR) is 90.9 cm³/mol. The Hall–Kier alpha value is -1.89. The zero-order valence-corrected chi connectivity index (χ0v) is 14.5. The van der Waals surface area contributed by atoms with Crippen molar-refractivity contribution in [1.82, 2.24) is 4.72 Å². The fraction of sp³-hybridized carbons (Fsp3) is 0.500. The van der Waals surface area contributed by atoms with Crippen molar-refractivity contribution in [3.63, 3.8) is 0 Å². The molecule has 1 aromatic rings. The van der Waals surface area contributed by atoms with Gasteiger partial charge in [-0.15, -0.1) is 0 Å². The summed E-state index contributed by atoms with van der Waals surface area (Å²) in [5.74, 6) is 0.431. The van der Waals surface area contributed by atoms with Gasteiger partial charge in [-0.05, 0) is 30.5 Å². The molecular weight excluding hydrogens is 314 g/mol. The van der Waals surface area contributed by atoms with Crippen LogP contribution in [-0.4, -0.2) is 26.7 Å². The number of carbonyl (C=O) groups excluding carboxylic acids is 1. The Balaban J connectivity index is 2.14. The number of amides is 1. The minimum atomic E-state index is -3.67. The number of benzene rings is 1. The van der Waals surface area contributed by atoms with Crippen LogP contribution in [0, 0.1) is 11.8 Å². The quantitative estimate of drug-likeness (QED) is 0.865. The summed E-state index contributed by atoms with van der Waals surface area (Å²) in [5, 5.41) is 2.77. The molecule has 23 heavy (non-hydrogen) atoms. The lowest BCUT2D eigenvalue weighted by molar-refractivity contribution is -0.120. The molecule has 1 aliphatic heterocycles. The summed E-state index contributed by atoms with van der Waals surface area (Å²) >= 11 is 0. The molecule has 0 fully saturated rings. The highest BCUT2D eigenvalue weighted by molar-refractivity contribution is 7.90. The van der Waals surface area contributed by atoms with E-state index in [0.29, 0.717) is 24.5 Å². The second kappa shape index (κ2) is 7.12. The molecule has 1 atom stereocenters. The number of rotatable bonds is 5. The van der Waals surface area contributed by atoms with Gasteiger partial charge in [0, 0.05) is 24.6 Å². The monoisotopic (exact) mass is 337 g/mol. The molecule has 1 amide bonds. The summed E-state index contributed by atoms with van der Waals surface area (Å²) in [7, 11) is -3.67. The largest absolute Gasteiger partial charge is 0.326 e. The van der Waals surface area contributed by atoms with E-state index in [1.807, 2.05) is 20.8 Å². The Morgan fingerprint density at radius 1 is 1.26 bits per heavy atom. The first-order chi connectivity index (χ1) is 10.8. The van der Waals surface area contributed by atoms with Crippen LogP contribution in [0.3, 0.4) is 0 Å². The van der Waals surface area contributed by atoms with Gasteiger partial charge in [0.2, 0.25) is 5.91 Å². The van der Waals surface area contributed by atoms with E-state index in [9.17, 15) is 13.2 Å². The molecule has 0 saturated carbocycles. The molecule has 0 saturated heterocycles. The van der Waals surface area contributed by atoms with Crippen LogP contribution in [0.25, 0.3) is 0 Å². The molecule has 1 aliphatic rings. The van der Waals surface area contributed by atoms with Gasteiger partial charge in [-0.1, -0.05) is 26.8 Å². The number of hydrogen-bond acceptors (Lipinski definition) is 4. The van der Waals surface area contributed by atoms with Crippen LogP contribution in [0.5, 0.6) is 0 Å². The minimum absolute atomic E-state index is 0.113. The summed E-state index contributed by atoms with van der Waals surface area (Å²) in [6, 6.07) is 6.25. The summed E-state index contributed by atoms with van der Waals surface area (Å²) in [4.78, 5) is 16.3. The Morgan fingerprint density at radius 2 is 2.00 bits per heavy atom. The Kier molecular flexibility index (Phi) is 5.41. The highest BCUT2D eigenvalue weighted by Gasteiger charge is 2.20. The van der Waals surface area contributed by atoms with Gasteiger partial charge in [-0.25, -0.2) is 8.42 Å². The summed E-state index contributed by atoms with van der Waals surface area (Å²) in [6.45, 7) is 6.44. The molecule has 0 spiro atoms. The van der Waals surface area contributed by atoms with Crippen molar-refractivity contribution in [2.24, 2.45) is 16.8 Å². The minimum Gasteiger partial charge on any atom is -0.326 e. The van der Waals surface area contributed by atoms with Crippen LogP contribution < -0.4 is 10.0 Å². The number of anilines is 1. The summed E-state index contributed by atoms with van der Waals surface area (Å²) in [6.07, 6.45) is 1.50. The van der Waals surface area contributed by atoms with E-state index in [1.165, 1.54) is 12.1 Å². The average Bonchev–Trinajstić information content (AvgIpc) is 2.98. The predicted octanol–water partition coefficient (Wildman–Crippen LogP) is 2.39. The number of sulfonamides is 1. The van der Waals surface area contributed by atoms with Crippen molar-refractivity contribution >= 4 is 27.5 Å². The van der Waals surface area contributed by atoms with Crippen molar-refractivity contribution in [2.75, 3.05) is 11.9 Å². The lowest BCUT2D eigenvalue weighted by atomic mass is 9.97. The van der Waals surface area contributed by atoms with E-state index in [1.54, 1.807) is 12.1 Å². The average molecular weight is 337 g/mol. The van der Waals surface area contributed by atoms with Crippen LogP contribution in [0.15, 0.2) is 34.2 Å². The molecule has 1 heterocycles. The Morgan fingerprint density at radius 3 is 2.61 bits per heavy atom. The molecule has 6 nitrogen and oxygen atoms in total. The maximum atomic E-state index is 12.4. The van der Waals surface area contributed by atoms with E-state index >= 15 is 0 Å². The van der Waals surface area contributed by atoms with Crippen molar-refractivity contribution in [3.05, 3.63) is 24.3 Å². The third-order valence-corrected chi connectivity index (χ3v) is 5.33. The fourth-order valence-corrected chi connectivity index (χ4v) is 3.27. The molecule has 7 heteroatoms. The second-order valence-electron chi connectivity index (χ2n) is 6.09. The number of carbonyl (C=O) groups is 1. The van der Waals surface area contributed by atoms with Gasteiger partial charge in [0.1, 0.15) is 5.84 Å². The van der Waals surface area contributed by atoms with Gasteiger partial charge >= 0.3 is 0 Å². The highest BCUT2D eigenvalue weighted by Crippen LogP contribution is 2.18. The maximum absolute atomic E-state index is 12.4. The number of hydrogen-bond donors (Lipinski definition) is 2. The molecular formula is C16H23N3O3S. The van der Waals surface area contributed by atoms with Gasteiger partial charge in [-0.3, -0.25) is 14.5 Å². The lowest BCUT2D eigenvalue weighted by Crippen LogP contribution is -2.29. The van der Waals surface area contributed by atoms with Crippen molar-refractivity contribution in [3.8, 4) is 0 Å². The number of nitrogens with zero attached hydrogens (tertiary/aromatic N) is 1. The molecule has 126 valence electrons. The maximum Gasteiger partial charge on any atom is 0.262 e. The SMILES string of the molecule is CC(C)C(C)C(=O)Nc1cccc(S(=O)(=O)NC2=NCCC2)c1. The van der Waals surface area contributed by atoms with E-state index in [4.69, 9.17) is 0 Å². The third kappa shape index (κ3) is 4.54. The van der Waals surface area contributed by atoms with Crippen LogP contribution in [0.1, 0.15) is 33.6 Å². The summed E-state index contributed by atoms with van der Waals surface area (Å²) in [5.41, 5.74) is 0.471. The molecule has 2 rings (SSSR count). The van der Waals surface area contributed by atoms with Gasteiger partial charge in [-0.2, -0.15) is 0 Å². The molecule has 1 aromatic carbocycles. The van der Waals surface area contributed by atoms with Crippen LogP contribution in [0.4, 0.5) is 5.69 Å². The number of aliphatic imine (C=N–C) groups is 1. The number of nitrogens with one attached hydrogen (secondary N) is 2. The zero-order chi connectivity index (χ0) is 17.0. The molecule has 0 bridgehead atoms. The first-order valence-electron chi connectivity index (χ1n) is 7.76. The van der Waals surface area contributed by atoms with E-state index in [-0.39, 0.29) is 22.6 Å². The second-order valence-corrected chi connectivity index (χ2v) is 7.77. The third-order valence-electron chi connectivity index (χ3n) is 3.95. The van der Waals surface area contributed by atoms with Gasteiger partial charge in [0.25, 0.3) is 10.0 Å². The Labute approximate surface area is 137 Å². The first-order valence-corrected chi connectivity index (χ1v) is 9.25. The van der Waals surface area contributed by atoms with Gasteiger partial charge < -0.3 is 5.32 Å². The highest BCUT2D eigenvalue weighted by atomic mass is 32.2. The van der Waals surface area contributed by atoms with E-state index < -0.39 is 10.0 Å². The Bertz CT molecular complexity index is 711. The molecule has 1 unspecified atom stereocenters. The van der Waals surface area contributed by atoms with Gasteiger partial charge in [0.15, 0.2) is 0 Å². The van der Waals surface area contributed by atoms with Crippen molar-refractivity contribution in [1.29, 1.82) is 0 Å². The molecule has 2 N–H and O–H groups in total. The van der Waals surface area contributed by atoms with E-state index in [2.05, 4.69) is 15.0 Å². The first kappa shape index (κ1) is 17.5. The van der Waals surface area contributed by atoms with Crippen LogP contribution >= 0.6 is 0 Å². The topological polar surface area (TPSA) is 87.6 Å². The number of amidine groups is 1.